The fourth-order valence-corrected chi connectivity index (χ4v) is 1.97. The standard InChI is InChI=1S/C8H11F3N2O3S/c9-8(10,11)5-16-12-6(14)1-2-13-3-4-17-7(13)15/h1-5H2,(H,12,14). The minimum atomic E-state index is -4.48. The van der Waals surface area contributed by atoms with Crippen molar-refractivity contribution in [1.82, 2.24) is 10.4 Å². The molecule has 1 rings (SSSR count). The Bertz CT molecular complexity index is 298. The number of carbonyl (C=O) groups is 2. The van der Waals surface area contributed by atoms with Crippen molar-refractivity contribution in [2.75, 3.05) is 25.4 Å². The molecule has 1 aliphatic rings. The molecule has 1 saturated heterocycles. The van der Waals surface area contributed by atoms with Crippen molar-refractivity contribution in [2.24, 2.45) is 0 Å². The number of halogens is 3. The zero-order valence-electron chi connectivity index (χ0n) is 8.75. The summed E-state index contributed by atoms with van der Waals surface area (Å²) >= 11 is 1.15. The van der Waals surface area contributed by atoms with Crippen LogP contribution in [-0.4, -0.2) is 47.7 Å². The van der Waals surface area contributed by atoms with Crippen LogP contribution in [0.15, 0.2) is 0 Å². The van der Waals surface area contributed by atoms with Gasteiger partial charge in [0.05, 0.1) is 0 Å². The first-order valence-electron chi connectivity index (χ1n) is 4.77. The fourth-order valence-electron chi connectivity index (χ4n) is 1.11. The van der Waals surface area contributed by atoms with Gasteiger partial charge in [0.2, 0.25) is 5.91 Å². The third-order valence-electron chi connectivity index (χ3n) is 1.88. The second-order valence-corrected chi connectivity index (χ2v) is 4.33. The Hall–Kier alpha value is -0.960. The van der Waals surface area contributed by atoms with Crippen molar-refractivity contribution in [1.29, 1.82) is 0 Å². The van der Waals surface area contributed by atoms with Crippen molar-refractivity contribution < 1.29 is 27.6 Å². The average Bonchev–Trinajstić information content (AvgIpc) is 2.59. The Morgan fingerprint density at radius 1 is 1.53 bits per heavy atom. The van der Waals surface area contributed by atoms with E-state index in [4.69, 9.17) is 0 Å². The van der Waals surface area contributed by atoms with E-state index in [1.54, 1.807) is 5.48 Å². The Balaban J connectivity index is 2.11. The first kappa shape index (κ1) is 14.1. The van der Waals surface area contributed by atoms with E-state index in [9.17, 15) is 22.8 Å². The lowest BCUT2D eigenvalue weighted by Crippen LogP contribution is -2.33. The van der Waals surface area contributed by atoms with Crippen molar-refractivity contribution in [3.8, 4) is 0 Å². The van der Waals surface area contributed by atoms with Crippen LogP contribution in [0.5, 0.6) is 0 Å². The minimum Gasteiger partial charge on any atom is -0.332 e. The summed E-state index contributed by atoms with van der Waals surface area (Å²) in [7, 11) is 0. The zero-order chi connectivity index (χ0) is 12.9. The van der Waals surface area contributed by atoms with E-state index in [0.717, 1.165) is 11.8 Å². The van der Waals surface area contributed by atoms with Gasteiger partial charge in [0.25, 0.3) is 5.24 Å². The molecule has 1 N–H and O–H groups in total. The summed E-state index contributed by atoms with van der Waals surface area (Å²) in [5.41, 5.74) is 1.67. The number of nitrogens with zero attached hydrogens (tertiary/aromatic N) is 1. The highest BCUT2D eigenvalue weighted by Gasteiger charge is 2.28. The maximum atomic E-state index is 11.7. The van der Waals surface area contributed by atoms with Crippen molar-refractivity contribution in [3.63, 3.8) is 0 Å². The van der Waals surface area contributed by atoms with Crippen LogP contribution in [0.25, 0.3) is 0 Å². The molecule has 0 radical (unpaired) electrons. The topological polar surface area (TPSA) is 58.6 Å². The average molecular weight is 272 g/mol. The van der Waals surface area contributed by atoms with Crippen molar-refractivity contribution in [2.45, 2.75) is 12.6 Å². The third-order valence-corrected chi connectivity index (χ3v) is 2.77. The van der Waals surface area contributed by atoms with E-state index in [2.05, 4.69) is 4.84 Å². The van der Waals surface area contributed by atoms with E-state index in [1.165, 1.54) is 4.90 Å². The summed E-state index contributed by atoms with van der Waals surface area (Å²) < 4.78 is 35.0. The fraction of sp³-hybridized carbons (Fsp3) is 0.750. The summed E-state index contributed by atoms with van der Waals surface area (Å²) in [6, 6.07) is 0. The molecule has 0 aromatic heterocycles. The molecule has 0 aromatic rings. The van der Waals surface area contributed by atoms with Gasteiger partial charge in [-0.1, -0.05) is 11.8 Å². The van der Waals surface area contributed by atoms with Gasteiger partial charge in [-0.3, -0.25) is 14.4 Å². The molecule has 1 fully saturated rings. The van der Waals surface area contributed by atoms with Gasteiger partial charge in [-0.05, 0) is 0 Å². The zero-order valence-corrected chi connectivity index (χ0v) is 9.57. The first-order chi connectivity index (χ1) is 7.88. The maximum Gasteiger partial charge on any atom is 0.414 e. The monoisotopic (exact) mass is 272 g/mol. The van der Waals surface area contributed by atoms with Crippen LogP contribution in [0.4, 0.5) is 18.0 Å². The van der Waals surface area contributed by atoms with Gasteiger partial charge < -0.3 is 4.90 Å². The van der Waals surface area contributed by atoms with Crippen molar-refractivity contribution in [3.05, 3.63) is 0 Å². The molecule has 5 nitrogen and oxygen atoms in total. The largest absolute Gasteiger partial charge is 0.414 e. The maximum absolute atomic E-state index is 11.7. The summed E-state index contributed by atoms with van der Waals surface area (Å²) in [6.07, 6.45) is -4.56. The predicted octanol–water partition coefficient (Wildman–Crippen LogP) is 1.16. The van der Waals surface area contributed by atoms with E-state index in [1.807, 2.05) is 0 Å². The van der Waals surface area contributed by atoms with E-state index >= 15 is 0 Å². The molecule has 98 valence electrons. The second kappa shape index (κ2) is 6.10. The number of alkyl halides is 3. The van der Waals surface area contributed by atoms with Gasteiger partial charge in [-0.2, -0.15) is 13.2 Å². The molecule has 0 saturated carbocycles. The van der Waals surface area contributed by atoms with E-state index in [0.29, 0.717) is 12.3 Å². The number of hydrogen-bond acceptors (Lipinski definition) is 4. The Labute approximate surface area is 99.6 Å². The summed E-state index contributed by atoms with van der Waals surface area (Å²) in [4.78, 5) is 27.6. The molecule has 0 aromatic carbocycles. The Morgan fingerprint density at radius 3 is 2.76 bits per heavy atom. The molecule has 0 spiro atoms. The molecule has 1 heterocycles. The van der Waals surface area contributed by atoms with Crippen LogP contribution >= 0.6 is 11.8 Å². The lowest BCUT2D eigenvalue weighted by molar-refractivity contribution is -0.191. The molecular formula is C8H11F3N2O3S. The molecule has 17 heavy (non-hydrogen) atoms. The Morgan fingerprint density at radius 2 is 2.24 bits per heavy atom. The minimum absolute atomic E-state index is 0.0792. The molecule has 9 heteroatoms. The number of rotatable bonds is 5. The highest BCUT2D eigenvalue weighted by molar-refractivity contribution is 8.13. The van der Waals surface area contributed by atoms with Gasteiger partial charge >= 0.3 is 6.18 Å². The highest BCUT2D eigenvalue weighted by atomic mass is 32.2. The predicted molar refractivity (Wildman–Crippen MR) is 54.2 cm³/mol. The smallest absolute Gasteiger partial charge is 0.332 e. The molecule has 0 atom stereocenters. The molecule has 0 unspecified atom stereocenters. The van der Waals surface area contributed by atoms with Gasteiger partial charge in [0.15, 0.2) is 6.61 Å². The first-order valence-corrected chi connectivity index (χ1v) is 5.76. The number of carbonyl (C=O) groups excluding carboxylic acids is 2. The normalized spacial score (nSPS) is 16.4. The van der Waals surface area contributed by atoms with Crippen LogP contribution in [0.2, 0.25) is 0 Å². The van der Waals surface area contributed by atoms with Gasteiger partial charge in [-0.25, -0.2) is 5.48 Å². The van der Waals surface area contributed by atoms with Crippen LogP contribution < -0.4 is 5.48 Å². The summed E-state index contributed by atoms with van der Waals surface area (Å²) in [6.45, 7) is -0.787. The number of hydrogen-bond donors (Lipinski definition) is 1. The summed E-state index contributed by atoms with van der Waals surface area (Å²) in [5, 5.41) is -0.117. The van der Waals surface area contributed by atoms with Crippen LogP contribution in [0, 0.1) is 0 Å². The molecular weight excluding hydrogens is 261 g/mol. The number of thioether (sulfide) groups is 1. The lowest BCUT2D eigenvalue weighted by atomic mass is 10.4. The lowest BCUT2D eigenvalue weighted by Gasteiger charge is -2.14. The van der Waals surface area contributed by atoms with Crippen LogP contribution in [0.1, 0.15) is 6.42 Å². The van der Waals surface area contributed by atoms with Gasteiger partial charge in [0, 0.05) is 25.3 Å². The second-order valence-electron chi connectivity index (χ2n) is 3.28. The number of nitrogens with one attached hydrogen (secondary N) is 1. The quantitative estimate of drug-likeness (QED) is 0.763. The molecule has 0 aliphatic carbocycles. The van der Waals surface area contributed by atoms with Crippen molar-refractivity contribution >= 4 is 22.9 Å². The number of amides is 2. The highest BCUT2D eigenvalue weighted by Crippen LogP contribution is 2.17. The van der Waals surface area contributed by atoms with E-state index in [-0.39, 0.29) is 18.2 Å². The SMILES string of the molecule is O=C(CCN1CCSC1=O)NOCC(F)(F)F. The van der Waals surface area contributed by atoms with Gasteiger partial charge in [-0.15, -0.1) is 0 Å². The van der Waals surface area contributed by atoms with Gasteiger partial charge in [0.1, 0.15) is 0 Å². The van der Waals surface area contributed by atoms with Crippen LogP contribution in [0.3, 0.4) is 0 Å². The summed E-state index contributed by atoms with van der Waals surface area (Å²) in [5.74, 6) is -0.00987. The molecule has 1 aliphatic heterocycles. The molecule has 2 amide bonds. The number of hydroxylamine groups is 1. The van der Waals surface area contributed by atoms with Crippen LogP contribution in [-0.2, 0) is 9.63 Å². The Kier molecular flexibility index (Phi) is 5.06. The third kappa shape index (κ3) is 5.78. The molecule has 0 bridgehead atoms. The van der Waals surface area contributed by atoms with E-state index < -0.39 is 18.7 Å².